The first kappa shape index (κ1) is 9.13. The van der Waals surface area contributed by atoms with Crippen LogP contribution in [-0.4, -0.2) is 25.0 Å². The fourth-order valence-corrected chi connectivity index (χ4v) is 1.09. The maximum atomic E-state index is 12.4. The molecule has 9 heteroatoms. The fraction of sp³-hybridized carbons (Fsp3) is 0.200. The molecule has 2 heterocycles. The Hall–Kier alpha value is -1.44. The van der Waals surface area contributed by atoms with Gasteiger partial charge in [-0.05, 0) is 10.4 Å². The number of alkyl halides is 3. The van der Waals surface area contributed by atoms with Gasteiger partial charge in [0.2, 0.25) is 0 Å². The maximum Gasteiger partial charge on any atom is 0.433 e. The molecule has 74 valence electrons. The summed E-state index contributed by atoms with van der Waals surface area (Å²) in [6, 6.07) is 0.658. The minimum absolute atomic E-state index is 0.287. The second kappa shape index (κ2) is 2.77. The SMILES string of the molecule is FC(F)(F)c1cc(Cl)nc2nnnn12. The molecule has 2 rings (SSSR count). The molecule has 0 aromatic carbocycles. The highest BCUT2D eigenvalue weighted by atomic mass is 35.5. The second-order valence-electron chi connectivity index (χ2n) is 2.35. The van der Waals surface area contributed by atoms with Crippen molar-refractivity contribution in [3.63, 3.8) is 0 Å². The van der Waals surface area contributed by atoms with Crippen molar-refractivity contribution in [2.75, 3.05) is 0 Å². The molecule has 0 spiro atoms. The number of fused-ring (bicyclic) bond motifs is 1. The van der Waals surface area contributed by atoms with Crippen LogP contribution in [-0.2, 0) is 6.18 Å². The Labute approximate surface area is 79.5 Å². The van der Waals surface area contributed by atoms with E-state index in [1.807, 2.05) is 0 Å². The van der Waals surface area contributed by atoms with Crippen LogP contribution in [0.15, 0.2) is 6.07 Å². The molecule has 0 aliphatic heterocycles. The van der Waals surface area contributed by atoms with Gasteiger partial charge in [0.05, 0.1) is 0 Å². The van der Waals surface area contributed by atoms with Crippen molar-refractivity contribution in [1.82, 2.24) is 25.0 Å². The third kappa shape index (κ3) is 1.37. The van der Waals surface area contributed by atoms with Crippen LogP contribution >= 0.6 is 11.6 Å². The van der Waals surface area contributed by atoms with Gasteiger partial charge in [-0.2, -0.15) is 22.7 Å². The predicted molar refractivity (Wildman–Crippen MR) is 38.6 cm³/mol. The molecule has 0 aliphatic rings. The molecular formula is C5HClF3N5. The molecule has 0 N–H and O–H groups in total. The topological polar surface area (TPSA) is 56.0 Å². The lowest BCUT2D eigenvalue weighted by molar-refractivity contribution is -0.142. The summed E-state index contributed by atoms with van der Waals surface area (Å²) in [5.41, 5.74) is -1.06. The summed E-state index contributed by atoms with van der Waals surface area (Å²) < 4.78 is 37.6. The Kier molecular flexibility index (Phi) is 1.81. The lowest BCUT2D eigenvalue weighted by atomic mass is 10.4. The van der Waals surface area contributed by atoms with Crippen molar-refractivity contribution >= 4 is 17.4 Å². The van der Waals surface area contributed by atoms with E-state index in [-0.39, 0.29) is 10.9 Å². The molecule has 0 radical (unpaired) electrons. The minimum atomic E-state index is -4.57. The van der Waals surface area contributed by atoms with Crippen LogP contribution in [0.3, 0.4) is 0 Å². The van der Waals surface area contributed by atoms with Gasteiger partial charge < -0.3 is 0 Å². The third-order valence-electron chi connectivity index (χ3n) is 1.43. The van der Waals surface area contributed by atoms with Gasteiger partial charge in [-0.3, -0.25) is 0 Å². The monoisotopic (exact) mass is 223 g/mol. The summed E-state index contributed by atoms with van der Waals surface area (Å²) in [6.45, 7) is 0. The summed E-state index contributed by atoms with van der Waals surface area (Å²) in [5, 5.41) is 9.15. The van der Waals surface area contributed by atoms with E-state index in [4.69, 9.17) is 11.6 Å². The number of nitrogens with zero attached hydrogens (tertiary/aromatic N) is 5. The van der Waals surface area contributed by atoms with Gasteiger partial charge in [-0.1, -0.05) is 16.7 Å². The number of tetrazole rings is 1. The summed E-state index contributed by atoms with van der Waals surface area (Å²) in [4.78, 5) is 3.50. The first-order valence-corrected chi connectivity index (χ1v) is 3.68. The van der Waals surface area contributed by atoms with Crippen LogP contribution in [0.25, 0.3) is 5.78 Å². The Morgan fingerprint density at radius 2 is 2.07 bits per heavy atom. The van der Waals surface area contributed by atoms with Crippen LogP contribution in [0.2, 0.25) is 5.15 Å². The van der Waals surface area contributed by atoms with E-state index in [1.54, 1.807) is 0 Å². The van der Waals surface area contributed by atoms with Crippen molar-refractivity contribution < 1.29 is 13.2 Å². The van der Waals surface area contributed by atoms with Crippen molar-refractivity contribution in [1.29, 1.82) is 0 Å². The fourth-order valence-electron chi connectivity index (χ4n) is 0.912. The van der Waals surface area contributed by atoms with Gasteiger partial charge in [-0.25, -0.2) is 0 Å². The van der Waals surface area contributed by atoms with Crippen LogP contribution in [0.5, 0.6) is 0 Å². The van der Waals surface area contributed by atoms with Crippen molar-refractivity contribution in [3.8, 4) is 0 Å². The standard InChI is InChI=1S/C5HClF3N5/c6-3-1-2(5(7,8)9)14-4(10-3)11-12-13-14/h1H. The average molecular weight is 224 g/mol. The molecule has 0 atom stereocenters. The van der Waals surface area contributed by atoms with Crippen LogP contribution in [0, 0.1) is 0 Å². The third-order valence-corrected chi connectivity index (χ3v) is 1.63. The Bertz CT molecular complexity index is 478. The molecule has 0 fully saturated rings. The number of rotatable bonds is 0. The largest absolute Gasteiger partial charge is 0.433 e. The van der Waals surface area contributed by atoms with Gasteiger partial charge >= 0.3 is 6.18 Å². The summed E-state index contributed by atoms with van der Waals surface area (Å²) in [5.74, 6) is -0.287. The molecule has 0 amide bonds. The zero-order valence-corrected chi connectivity index (χ0v) is 7.08. The minimum Gasteiger partial charge on any atom is -0.198 e. The highest BCUT2D eigenvalue weighted by molar-refractivity contribution is 6.29. The van der Waals surface area contributed by atoms with Crippen molar-refractivity contribution in [2.45, 2.75) is 6.18 Å². The van der Waals surface area contributed by atoms with Gasteiger partial charge in [0.25, 0.3) is 5.78 Å². The van der Waals surface area contributed by atoms with Gasteiger partial charge in [-0.15, -0.1) is 0 Å². The van der Waals surface area contributed by atoms with Crippen LogP contribution < -0.4 is 0 Å². The molecular weight excluding hydrogens is 223 g/mol. The van der Waals surface area contributed by atoms with E-state index in [1.165, 1.54) is 0 Å². The predicted octanol–water partition coefficient (Wildman–Crippen LogP) is 1.19. The van der Waals surface area contributed by atoms with Crippen LogP contribution in [0.4, 0.5) is 13.2 Å². The molecule has 0 bridgehead atoms. The summed E-state index contributed by atoms with van der Waals surface area (Å²) in [6.07, 6.45) is -4.57. The van der Waals surface area contributed by atoms with Gasteiger partial charge in [0.15, 0.2) is 5.69 Å². The molecule has 2 aromatic heterocycles. The van der Waals surface area contributed by atoms with Crippen LogP contribution in [0.1, 0.15) is 5.69 Å². The lowest BCUT2D eigenvalue weighted by Gasteiger charge is -2.06. The highest BCUT2D eigenvalue weighted by Gasteiger charge is 2.35. The molecule has 14 heavy (non-hydrogen) atoms. The zero-order chi connectivity index (χ0) is 10.3. The smallest absolute Gasteiger partial charge is 0.198 e. The lowest BCUT2D eigenvalue weighted by Crippen LogP contribution is -2.13. The maximum absolute atomic E-state index is 12.4. The normalized spacial score (nSPS) is 12.3. The molecule has 0 unspecified atom stereocenters. The Balaban J connectivity index is 2.80. The van der Waals surface area contributed by atoms with Crippen molar-refractivity contribution in [2.24, 2.45) is 0 Å². The average Bonchev–Trinajstić information content (AvgIpc) is 2.47. The van der Waals surface area contributed by atoms with E-state index in [9.17, 15) is 13.2 Å². The highest BCUT2D eigenvalue weighted by Crippen LogP contribution is 2.29. The van der Waals surface area contributed by atoms with Crippen molar-refractivity contribution in [3.05, 3.63) is 16.9 Å². The van der Waals surface area contributed by atoms with E-state index in [0.29, 0.717) is 10.6 Å². The van der Waals surface area contributed by atoms with Gasteiger partial charge in [0.1, 0.15) is 5.15 Å². The Morgan fingerprint density at radius 3 is 2.71 bits per heavy atom. The number of halogens is 4. The van der Waals surface area contributed by atoms with E-state index in [0.717, 1.165) is 0 Å². The second-order valence-corrected chi connectivity index (χ2v) is 2.74. The number of hydrogen-bond donors (Lipinski definition) is 0. The summed E-state index contributed by atoms with van der Waals surface area (Å²) in [7, 11) is 0. The van der Waals surface area contributed by atoms with E-state index in [2.05, 4.69) is 20.5 Å². The zero-order valence-electron chi connectivity index (χ0n) is 6.33. The van der Waals surface area contributed by atoms with E-state index >= 15 is 0 Å². The molecule has 0 saturated carbocycles. The summed E-state index contributed by atoms with van der Waals surface area (Å²) >= 11 is 5.37. The molecule has 0 aliphatic carbocycles. The number of hydrogen-bond acceptors (Lipinski definition) is 4. The first-order chi connectivity index (χ1) is 6.48. The molecule has 5 nitrogen and oxygen atoms in total. The first-order valence-electron chi connectivity index (χ1n) is 3.30. The van der Waals surface area contributed by atoms with E-state index < -0.39 is 11.9 Å². The number of aromatic nitrogens is 5. The molecule has 2 aromatic rings. The Morgan fingerprint density at radius 1 is 1.36 bits per heavy atom. The molecule has 0 saturated heterocycles. The van der Waals surface area contributed by atoms with Gasteiger partial charge in [0, 0.05) is 6.07 Å². The quantitative estimate of drug-likeness (QED) is 0.630.